The number of benzene rings is 2. The zero-order chi connectivity index (χ0) is 17.1. The van der Waals surface area contributed by atoms with Gasteiger partial charge in [0.05, 0.1) is 12.7 Å². The minimum atomic E-state index is -0.372. The van der Waals surface area contributed by atoms with Gasteiger partial charge in [0.15, 0.2) is 0 Å². The maximum absolute atomic E-state index is 12.2. The molecule has 0 amide bonds. The Kier molecular flexibility index (Phi) is 4.33. The van der Waals surface area contributed by atoms with Crippen LogP contribution in [0.3, 0.4) is 0 Å². The van der Waals surface area contributed by atoms with Crippen molar-refractivity contribution in [3.63, 3.8) is 0 Å². The lowest BCUT2D eigenvalue weighted by Gasteiger charge is -2.08. The third-order valence-electron chi connectivity index (χ3n) is 3.87. The number of esters is 1. The molecular formula is C19H18N2O3. The summed E-state index contributed by atoms with van der Waals surface area (Å²) in [4.78, 5) is 26.5. The second-order valence-electron chi connectivity index (χ2n) is 5.64. The molecule has 0 unspecified atom stereocenters. The van der Waals surface area contributed by atoms with Gasteiger partial charge in [0.2, 0.25) is 0 Å². The second-order valence-corrected chi connectivity index (χ2v) is 5.64. The van der Waals surface area contributed by atoms with Crippen molar-refractivity contribution in [2.45, 2.75) is 13.5 Å². The minimum Gasteiger partial charge on any atom is -0.465 e. The lowest BCUT2D eigenvalue weighted by Crippen LogP contribution is -2.15. The third-order valence-corrected chi connectivity index (χ3v) is 3.87. The molecule has 2 N–H and O–H groups in total. The number of H-pyrrole nitrogens is 1. The number of aromatic amines is 1. The fourth-order valence-corrected chi connectivity index (χ4v) is 2.54. The number of rotatable bonds is 4. The van der Waals surface area contributed by atoms with E-state index < -0.39 is 0 Å². The lowest BCUT2D eigenvalue weighted by atomic mass is 10.1. The van der Waals surface area contributed by atoms with Gasteiger partial charge in [-0.3, -0.25) is 4.79 Å². The van der Waals surface area contributed by atoms with Crippen molar-refractivity contribution in [2.75, 3.05) is 12.4 Å². The van der Waals surface area contributed by atoms with Crippen molar-refractivity contribution in [1.29, 1.82) is 0 Å². The Hall–Kier alpha value is -3.08. The summed E-state index contributed by atoms with van der Waals surface area (Å²) in [6, 6.07) is 14.8. The Bertz CT molecular complexity index is 943. The van der Waals surface area contributed by atoms with E-state index in [2.05, 4.69) is 15.0 Å². The summed E-state index contributed by atoms with van der Waals surface area (Å²) < 4.78 is 4.67. The summed E-state index contributed by atoms with van der Waals surface area (Å²) >= 11 is 0. The molecule has 0 spiro atoms. The molecule has 5 heteroatoms. The number of nitrogens with one attached hydrogen (secondary N) is 2. The van der Waals surface area contributed by atoms with Crippen LogP contribution < -0.4 is 10.9 Å². The number of anilines is 1. The normalized spacial score (nSPS) is 10.6. The number of hydrogen-bond acceptors (Lipinski definition) is 4. The minimum absolute atomic E-state index is 0.106. The number of carbonyl (C=O) groups excluding carboxylic acids is 1. The Morgan fingerprint density at radius 1 is 1.12 bits per heavy atom. The molecule has 0 aliphatic heterocycles. The molecule has 0 atom stereocenters. The smallest absolute Gasteiger partial charge is 0.337 e. The van der Waals surface area contributed by atoms with Crippen LogP contribution in [0.5, 0.6) is 0 Å². The molecule has 0 bridgehead atoms. The van der Waals surface area contributed by atoms with Gasteiger partial charge in [-0.05, 0) is 54.8 Å². The SMILES string of the molecule is COC(=O)c1ccc(NCc2cc3cc(C)ccc3[nH]c2=O)cc1. The van der Waals surface area contributed by atoms with Crippen LogP contribution in [0.25, 0.3) is 10.9 Å². The van der Waals surface area contributed by atoms with Crippen molar-refractivity contribution >= 4 is 22.6 Å². The number of hydrogen-bond donors (Lipinski definition) is 2. The Labute approximate surface area is 139 Å². The van der Waals surface area contributed by atoms with Crippen molar-refractivity contribution in [2.24, 2.45) is 0 Å². The lowest BCUT2D eigenvalue weighted by molar-refractivity contribution is 0.0601. The molecule has 3 rings (SSSR count). The van der Waals surface area contributed by atoms with Crippen LogP contribution in [-0.2, 0) is 11.3 Å². The monoisotopic (exact) mass is 322 g/mol. The van der Waals surface area contributed by atoms with E-state index >= 15 is 0 Å². The first-order valence-electron chi connectivity index (χ1n) is 7.61. The Morgan fingerprint density at radius 3 is 2.58 bits per heavy atom. The molecule has 122 valence electrons. The van der Waals surface area contributed by atoms with E-state index in [9.17, 15) is 9.59 Å². The number of methoxy groups -OCH3 is 1. The van der Waals surface area contributed by atoms with Crippen molar-refractivity contribution in [3.05, 3.63) is 75.6 Å². The molecule has 5 nitrogen and oxygen atoms in total. The van der Waals surface area contributed by atoms with Crippen LogP contribution in [0.2, 0.25) is 0 Å². The first kappa shape index (κ1) is 15.8. The predicted octanol–water partition coefficient (Wildman–Crippen LogP) is 3.24. The van der Waals surface area contributed by atoms with Crippen LogP contribution in [-0.4, -0.2) is 18.1 Å². The Balaban J connectivity index is 1.79. The number of ether oxygens (including phenoxy) is 1. The van der Waals surface area contributed by atoms with Gasteiger partial charge < -0.3 is 15.0 Å². The van der Waals surface area contributed by atoms with E-state index in [4.69, 9.17) is 0 Å². The largest absolute Gasteiger partial charge is 0.465 e. The number of pyridine rings is 1. The predicted molar refractivity (Wildman–Crippen MR) is 94.4 cm³/mol. The highest BCUT2D eigenvalue weighted by Gasteiger charge is 2.06. The molecule has 0 radical (unpaired) electrons. The number of fused-ring (bicyclic) bond motifs is 1. The van der Waals surface area contributed by atoms with Crippen LogP contribution in [0.4, 0.5) is 5.69 Å². The molecule has 0 aliphatic carbocycles. The molecule has 2 aromatic carbocycles. The van der Waals surface area contributed by atoms with E-state index in [0.29, 0.717) is 17.7 Å². The summed E-state index contributed by atoms with van der Waals surface area (Å²) in [5.74, 6) is -0.372. The van der Waals surface area contributed by atoms with Crippen molar-refractivity contribution < 1.29 is 9.53 Å². The van der Waals surface area contributed by atoms with Crippen LogP contribution in [0.15, 0.2) is 53.3 Å². The van der Waals surface area contributed by atoms with Gasteiger partial charge in [-0.2, -0.15) is 0 Å². The highest BCUT2D eigenvalue weighted by atomic mass is 16.5. The molecule has 0 fully saturated rings. The number of aryl methyl sites for hydroxylation is 1. The van der Waals surface area contributed by atoms with Gasteiger partial charge in [-0.1, -0.05) is 11.6 Å². The summed E-state index contributed by atoms with van der Waals surface area (Å²) in [6.07, 6.45) is 0. The van der Waals surface area contributed by atoms with Crippen molar-refractivity contribution in [1.82, 2.24) is 4.98 Å². The molecule has 24 heavy (non-hydrogen) atoms. The molecule has 1 heterocycles. The molecule has 1 aromatic heterocycles. The summed E-state index contributed by atoms with van der Waals surface area (Å²) in [7, 11) is 1.35. The van der Waals surface area contributed by atoms with E-state index in [0.717, 1.165) is 22.2 Å². The first-order chi connectivity index (χ1) is 11.6. The van der Waals surface area contributed by atoms with E-state index in [1.54, 1.807) is 24.3 Å². The van der Waals surface area contributed by atoms with Gasteiger partial charge in [0, 0.05) is 23.3 Å². The first-order valence-corrected chi connectivity index (χ1v) is 7.61. The average molecular weight is 322 g/mol. The molecule has 3 aromatic rings. The maximum Gasteiger partial charge on any atom is 0.337 e. The standard InChI is InChI=1S/C19H18N2O3/c1-12-3-8-17-14(9-12)10-15(18(22)21-17)11-20-16-6-4-13(5-7-16)19(23)24-2/h3-10,20H,11H2,1-2H3,(H,21,22). The van der Waals surface area contributed by atoms with Gasteiger partial charge in [-0.25, -0.2) is 4.79 Å². The van der Waals surface area contributed by atoms with Crippen molar-refractivity contribution in [3.8, 4) is 0 Å². The third kappa shape index (κ3) is 3.30. The fraction of sp³-hybridized carbons (Fsp3) is 0.158. The average Bonchev–Trinajstić information content (AvgIpc) is 2.60. The van der Waals surface area contributed by atoms with Gasteiger partial charge >= 0.3 is 5.97 Å². The van der Waals surface area contributed by atoms with Crippen LogP contribution >= 0.6 is 0 Å². The molecule has 0 saturated heterocycles. The van der Waals surface area contributed by atoms with Crippen LogP contribution in [0.1, 0.15) is 21.5 Å². The number of carbonyl (C=O) groups is 1. The van der Waals surface area contributed by atoms with Gasteiger partial charge in [-0.15, -0.1) is 0 Å². The summed E-state index contributed by atoms with van der Waals surface area (Å²) in [5.41, 5.74) is 3.84. The van der Waals surface area contributed by atoms with E-state index in [-0.39, 0.29) is 11.5 Å². The maximum atomic E-state index is 12.2. The van der Waals surface area contributed by atoms with Gasteiger partial charge in [0.25, 0.3) is 5.56 Å². The highest BCUT2D eigenvalue weighted by Crippen LogP contribution is 2.15. The summed E-state index contributed by atoms with van der Waals surface area (Å²) in [5, 5.41) is 4.20. The summed E-state index contributed by atoms with van der Waals surface area (Å²) in [6.45, 7) is 2.42. The van der Waals surface area contributed by atoms with E-state index in [1.807, 2.05) is 31.2 Å². The molecular weight excluding hydrogens is 304 g/mol. The topological polar surface area (TPSA) is 71.2 Å². The zero-order valence-electron chi connectivity index (χ0n) is 13.6. The van der Waals surface area contributed by atoms with Crippen LogP contribution in [0, 0.1) is 6.92 Å². The Morgan fingerprint density at radius 2 is 1.88 bits per heavy atom. The zero-order valence-corrected chi connectivity index (χ0v) is 13.6. The van der Waals surface area contributed by atoms with E-state index in [1.165, 1.54) is 7.11 Å². The number of aromatic nitrogens is 1. The second kappa shape index (κ2) is 6.58. The quantitative estimate of drug-likeness (QED) is 0.723. The fourth-order valence-electron chi connectivity index (χ4n) is 2.54. The molecule has 0 saturated carbocycles. The molecule has 0 aliphatic rings. The van der Waals surface area contributed by atoms with Gasteiger partial charge in [0.1, 0.15) is 0 Å². The highest BCUT2D eigenvalue weighted by molar-refractivity contribution is 5.89.